The van der Waals surface area contributed by atoms with Gasteiger partial charge in [0.15, 0.2) is 11.5 Å². The molecular weight excluding hydrogens is 484 g/mol. The maximum atomic E-state index is 13.6. The second kappa shape index (κ2) is 9.78. The minimum Gasteiger partial charge on any atom is -0.507 e. The topological polar surface area (TPSA) is 88.5 Å². The summed E-state index contributed by atoms with van der Waals surface area (Å²) < 4.78 is 17.0. The largest absolute Gasteiger partial charge is 0.507 e. The number of carbonyl (C=O) groups excluding carboxylic acids is 2. The molecule has 3 aromatic rings. The van der Waals surface area contributed by atoms with Gasteiger partial charge in [-0.25, -0.2) is 0 Å². The molecule has 1 fully saturated rings. The van der Waals surface area contributed by atoms with Crippen LogP contribution in [0.1, 0.15) is 28.3 Å². The number of anilines is 2. The number of rotatable bonds is 5. The molecule has 0 spiro atoms. The Bertz CT molecular complexity index is 1460. The molecule has 0 aliphatic carbocycles. The summed E-state index contributed by atoms with van der Waals surface area (Å²) in [5.74, 6) is -0.292. The van der Waals surface area contributed by atoms with Crippen molar-refractivity contribution in [3.05, 3.63) is 82.4 Å². The number of hydrogen-bond acceptors (Lipinski definition) is 7. The minimum absolute atomic E-state index is 0.00853. The zero-order valence-corrected chi connectivity index (χ0v) is 22.1. The lowest BCUT2D eigenvalue weighted by Gasteiger charge is -2.27. The van der Waals surface area contributed by atoms with Gasteiger partial charge in [0.1, 0.15) is 24.7 Å². The lowest BCUT2D eigenvalue weighted by molar-refractivity contribution is -0.132. The van der Waals surface area contributed by atoms with Crippen molar-refractivity contribution in [1.29, 1.82) is 0 Å². The lowest BCUT2D eigenvalue weighted by Crippen LogP contribution is -2.29. The van der Waals surface area contributed by atoms with E-state index in [0.717, 1.165) is 16.8 Å². The van der Waals surface area contributed by atoms with E-state index in [4.69, 9.17) is 14.2 Å². The first-order chi connectivity index (χ1) is 18.2. The highest BCUT2D eigenvalue weighted by atomic mass is 16.6. The highest BCUT2D eigenvalue weighted by Crippen LogP contribution is 2.46. The van der Waals surface area contributed by atoms with E-state index < -0.39 is 17.7 Å². The molecule has 38 heavy (non-hydrogen) atoms. The van der Waals surface area contributed by atoms with Crippen LogP contribution in [0, 0.1) is 13.8 Å². The van der Waals surface area contributed by atoms with E-state index in [1.165, 1.54) is 12.0 Å². The van der Waals surface area contributed by atoms with Gasteiger partial charge in [-0.3, -0.25) is 14.5 Å². The molecule has 0 aromatic heterocycles. The van der Waals surface area contributed by atoms with Crippen LogP contribution in [0.5, 0.6) is 17.2 Å². The van der Waals surface area contributed by atoms with Crippen molar-refractivity contribution in [2.24, 2.45) is 0 Å². The number of ketones is 1. The molecule has 196 valence electrons. The van der Waals surface area contributed by atoms with Gasteiger partial charge in [0.25, 0.3) is 11.7 Å². The molecule has 2 aliphatic rings. The molecule has 0 radical (unpaired) electrons. The van der Waals surface area contributed by atoms with Gasteiger partial charge in [0.2, 0.25) is 0 Å². The van der Waals surface area contributed by atoms with Crippen molar-refractivity contribution in [2.75, 3.05) is 44.2 Å². The van der Waals surface area contributed by atoms with Gasteiger partial charge in [0.05, 0.1) is 24.3 Å². The Morgan fingerprint density at radius 2 is 1.66 bits per heavy atom. The van der Waals surface area contributed by atoms with Crippen molar-refractivity contribution < 1.29 is 28.9 Å². The molecule has 8 nitrogen and oxygen atoms in total. The quantitative estimate of drug-likeness (QED) is 0.298. The van der Waals surface area contributed by atoms with E-state index in [9.17, 15) is 14.7 Å². The average Bonchev–Trinajstić information content (AvgIpc) is 3.17. The minimum atomic E-state index is -0.876. The van der Waals surface area contributed by atoms with Gasteiger partial charge in [-0.1, -0.05) is 18.2 Å². The molecule has 1 saturated heterocycles. The number of nitrogens with zero attached hydrogens (tertiary/aromatic N) is 2. The number of aliphatic hydroxyl groups is 1. The fourth-order valence-corrected chi connectivity index (χ4v) is 5.10. The highest BCUT2D eigenvalue weighted by Gasteiger charge is 2.47. The molecule has 0 saturated carbocycles. The Labute approximate surface area is 221 Å². The molecule has 1 N–H and O–H groups in total. The SMILES string of the molecule is COc1c(C)cc(C)cc1/C(O)=C1\C(=O)C(=O)N(c2ccc3c(c2)OCCO3)C1c1ccc(N(C)C)cc1. The van der Waals surface area contributed by atoms with Crippen LogP contribution in [-0.2, 0) is 9.59 Å². The summed E-state index contributed by atoms with van der Waals surface area (Å²) in [6, 6.07) is 15.5. The normalized spacial score (nSPS) is 18.0. The average molecular weight is 515 g/mol. The molecule has 5 rings (SSSR count). The van der Waals surface area contributed by atoms with Gasteiger partial charge in [0, 0.05) is 31.5 Å². The van der Waals surface area contributed by atoms with Crippen molar-refractivity contribution in [3.8, 4) is 17.2 Å². The summed E-state index contributed by atoms with van der Waals surface area (Å²) in [7, 11) is 5.38. The second-order valence-electron chi connectivity index (χ2n) is 9.65. The number of ether oxygens (including phenoxy) is 3. The van der Waals surface area contributed by atoms with Crippen LogP contribution >= 0.6 is 0 Å². The molecule has 0 bridgehead atoms. The van der Waals surface area contributed by atoms with Crippen molar-refractivity contribution in [3.63, 3.8) is 0 Å². The van der Waals surface area contributed by atoms with Crippen molar-refractivity contribution >= 4 is 28.8 Å². The van der Waals surface area contributed by atoms with Crippen LogP contribution in [-0.4, -0.2) is 51.2 Å². The highest BCUT2D eigenvalue weighted by molar-refractivity contribution is 6.51. The van der Waals surface area contributed by atoms with Crippen LogP contribution in [0.25, 0.3) is 5.76 Å². The number of carbonyl (C=O) groups is 2. The molecular formula is C30H30N2O6. The number of benzene rings is 3. The van der Waals surface area contributed by atoms with Crippen LogP contribution in [0.15, 0.2) is 60.2 Å². The number of Topliss-reactive ketones (excluding diaryl/α,β-unsaturated/α-hetero) is 1. The fourth-order valence-electron chi connectivity index (χ4n) is 5.10. The fraction of sp³-hybridized carbons (Fsp3) is 0.267. The summed E-state index contributed by atoms with van der Waals surface area (Å²) in [5.41, 5.74) is 4.14. The van der Waals surface area contributed by atoms with E-state index >= 15 is 0 Å². The summed E-state index contributed by atoms with van der Waals surface area (Å²) in [6.07, 6.45) is 0. The summed E-state index contributed by atoms with van der Waals surface area (Å²) in [5, 5.41) is 11.6. The Morgan fingerprint density at radius 1 is 0.974 bits per heavy atom. The maximum absolute atomic E-state index is 13.6. The van der Waals surface area contributed by atoms with Gasteiger partial charge in [-0.15, -0.1) is 0 Å². The number of methoxy groups -OCH3 is 1. The predicted octanol–water partition coefficient (Wildman–Crippen LogP) is 4.78. The number of aliphatic hydroxyl groups excluding tert-OH is 1. The standard InChI is InChI=1S/C30H30N2O6/c1-17-14-18(2)29(36-5)22(15-17)27(33)25-26(19-6-8-20(9-7-19)31(3)4)32(30(35)28(25)34)21-10-11-23-24(16-21)38-13-12-37-23/h6-11,14-16,26,33H,12-13H2,1-5H3/b27-25+. The molecule has 2 heterocycles. The van der Waals surface area contributed by atoms with Crippen molar-refractivity contribution in [2.45, 2.75) is 19.9 Å². The Balaban J connectivity index is 1.73. The molecule has 2 aliphatic heterocycles. The van der Waals surface area contributed by atoms with Crippen molar-refractivity contribution in [1.82, 2.24) is 0 Å². The third-order valence-electron chi connectivity index (χ3n) is 6.85. The van der Waals surface area contributed by atoms with E-state index in [-0.39, 0.29) is 11.3 Å². The number of fused-ring (bicyclic) bond motifs is 1. The predicted molar refractivity (Wildman–Crippen MR) is 145 cm³/mol. The summed E-state index contributed by atoms with van der Waals surface area (Å²) >= 11 is 0. The zero-order chi connectivity index (χ0) is 27.1. The Hall–Kier alpha value is -4.46. The Morgan fingerprint density at radius 3 is 2.32 bits per heavy atom. The summed E-state index contributed by atoms with van der Waals surface area (Å²) in [6.45, 7) is 4.59. The van der Waals surface area contributed by atoms with Gasteiger partial charge >= 0.3 is 0 Å². The third-order valence-corrected chi connectivity index (χ3v) is 6.85. The molecule has 8 heteroatoms. The van der Waals surface area contributed by atoms with Gasteiger partial charge in [-0.2, -0.15) is 0 Å². The first kappa shape index (κ1) is 25.2. The first-order valence-electron chi connectivity index (χ1n) is 12.3. The first-order valence-corrected chi connectivity index (χ1v) is 12.3. The third kappa shape index (κ3) is 4.22. The Kier molecular flexibility index (Phi) is 6.48. The maximum Gasteiger partial charge on any atom is 0.300 e. The van der Waals surface area contributed by atoms with Crippen LogP contribution in [0.4, 0.5) is 11.4 Å². The molecule has 1 atom stereocenters. The lowest BCUT2D eigenvalue weighted by atomic mass is 9.93. The second-order valence-corrected chi connectivity index (χ2v) is 9.65. The molecule has 3 aromatic carbocycles. The number of amides is 1. The molecule has 1 amide bonds. The van der Waals surface area contributed by atoms with Crippen LogP contribution in [0.2, 0.25) is 0 Å². The van der Waals surface area contributed by atoms with E-state index in [1.807, 2.05) is 63.2 Å². The van der Waals surface area contributed by atoms with Gasteiger partial charge in [-0.05, 0) is 60.9 Å². The summed E-state index contributed by atoms with van der Waals surface area (Å²) in [4.78, 5) is 30.6. The van der Waals surface area contributed by atoms with Gasteiger partial charge < -0.3 is 24.2 Å². The van der Waals surface area contributed by atoms with E-state index in [0.29, 0.717) is 47.3 Å². The van der Waals surface area contributed by atoms with Crippen LogP contribution in [0.3, 0.4) is 0 Å². The number of aryl methyl sites for hydroxylation is 2. The monoisotopic (exact) mass is 514 g/mol. The number of hydrogen-bond donors (Lipinski definition) is 1. The van der Waals surface area contributed by atoms with Crippen LogP contribution < -0.4 is 24.0 Å². The van der Waals surface area contributed by atoms with E-state index in [2.05, 4.69) is 0 Å². The smallest absolute Gasteiger partial charge is 0.300 e. The van der Waals surface area contributed by atoms with E-state index in [1.54, 1.807) is 24.3 Å². The molecule has 1 unspecified atom stereocenters. The zero-order valence-electron chi connectivity index (χ0n) is 22.1.